The number of H-pyrrole nitrogens is 2. The van der Waals surface area contributed by atoms with Crippen molar-refractivity contribution in [3.8, 4) is 28.9 Å². The third-order valence-corrected chi connectivity index (χ3v) is 9.25. The molecule has 0 bridgehead atoms. The molecule has 248 valence electrons. The molecule has 3 aromatic carbocycles. The molecule has 2 aromatic heterocycles. The number of hydrogen-bond acceptors (Lipinski definition) is 8. The number of hydrogen-bond donors (Lipinski definition) is 4. The van der Waals surface area contributed by atoms with Gasteiger partial charge >= 0.3 is 0 Å². The van der Waals surface area contributed by atoms with Crippen LogP contribution in [-0.2, 0) is 11.3 Å². The van der Waals surface area contributed by atoms with E-state index in [9.17, 15) is 19.8 Å². The summed E-state index contributed by atoms with van der Waals surface area (Å²) in [5, 5.41) is 27.1. The largest absolute Gasteiger partial charge is 0.859 e. The number of methoxy groups -OCH3 is 1. The summed E-state index contributed by atoms with van der Waals surface area (Å²) in [6, 6.07) is 18.0. The molecular weight excluding hydrogens is 697 g/mol. The fraction of sp³-hybridized carbons (Fsp3) is 0.212. The zero-order valence-electron chi connectivity index (χ0n) is 25.4. The fourth-order valence-electron chi connectivity index (χ4n) is 5.99. The zero-order valence-corrected chi connectivity index (χ0v) is 28.6. The Bertz CT molecular complexity index is 2140. The Kier molecular flexibility index (Phi) is 9.88. The van der Waals surface area contributed by atoms with Gasteiger partial charge in [0.2, 0.25) is 5.88 Å². The molecule has 0 radical (unpaired) electrons. The quantitative estimate of drug-likeness (QED) is 0.177. The summed E-state index contributed by atoms with van der Waals surface area (Å²) in [6.45, 7) is 3.28. The van der Waals surface area contributed by atoms with Gasteiger partial charge in [-0.2, -0.15) is 0 Å². The summed E-state index contributed by atoms with van der Waals surface area (Å²) in [6.07, 6.45) is 0. The van der Waals surface area contributed by atoms with Gasteiger partial charge in [0, 0.05) is 26.9 Å². The average Bonchev–Trinajstić information content (AvgIpc) is 3.04. The van der Waals surface area contributed by atoms with Crippen molar-refractivity contribution in [2.45, 2.75) is 12.5 Å². The number of morpholine rings is 1. The van der Waals surface area contributed by atoms with Crippen LogP contribution >= 0.6 is 47.6 Å². The average molecular weight is 727 g/mol. The maximum absolute atomic E-state index is 14.5. The molecule has 6 rings (SSSR count). The van der Waals surface area contributed by atoms with Crippen molar-refractivity contribution in [1.82, 2.24) is 19.1 Å². The third kappa shape index (κ3) is 6.57. The molecule has 1 saturated heterocycles. The maximum Gasteiger partial charge on any atom is 0.259 e. The first kappa shape index (κ1) is 33.7. The second-order valence-corrected chi connectivity index (χ2v) is 12.8. The highest BCUT2D eigenvalue weighted by molar-refractivity contribution is 7.71. The Hall–Kier alpha value is -4.24. The van der Waals surface area contributed by atoms with E-state index in [1.54, 1.807) is 67.8 Å². The lowest BCUT2D eigenvalue weighted by Crippen LogP contribution is -3.12. The van der Waals surface area contributed by atoms with Crippen molar-refractivity contribution in [3.05, 3.63) is 129 Å². The van der Waals surface area contributed by atoms with Gasteiger partial charge in [-0.15, -0.1) is 0 Å². The van der Waals surface area contributed by atoms with Crippen LogP contribution in [0.3, 0.4) is 0 Å². The summed E-state index contributed by atoms with van der Waals surface area (Å²) in [4.78, 5) is 34.2. The van der Waals surface area contributed by atoms with Crippen molar-refractivity contribution in [2.24, 2.45) is 0 Å². The normalized spacial score (nSPS) is 14.1. The van der Waals surface area contributed by atoms with Gasteiger partial charge in [0.15, 0.2) is 9.54 Å². The molecule has 48 heavy (non-hydrogen) atoms. The Morgan fingerprint density at radius 1 is 0.917 bits per heavy atom. The van der Waals surface area contributed by atoms with Crippen molar-refractivity contribution in [3.63, 3.8) is 0 Å². The highest BCUT2D eigenvalue weighted by Gasteiger charge is 2.31. The minimum Gasteiger partial charge on any atom is -0.859 e. The molecule has 0 amide bonds. The summed E-state index contributed by atoms with van der Waals surface area (Å²) < 4.78 is 13.3. The first-order chi connectivity index (χ1) is 23.1. The van der Waals surface area contributed by atoms with Crippen LogP contribution in [0.25, 0.3) is 11.4 Å². The van der Waals surface area contributed by atoms with Crippen molar-refractivity contribution in [2.75, 3.05) is 33.4 Å². The molecule has 1 aliphatic heterocycles. The lowest BCUT2D eigenvalue weighted by atomic mass is 9.85. The monoisotopic (exact) mass is 725 g/mol. The first-order valence-electron chi connectivity index (χ1n) is 14.8. The van der Waals surface area contributed by atoms with Gasteiger partial charge in [0.25, 0.3) is 11.1 Å². The van der Waals surface area contributed by atoms with E-state index in [1.807, 2.05) is 0 Å². The van der Waals surface area contributed by atoms with Crippen LogP contribution in [0, 0.1) is 9.54 Å². The lowest BCUT2D eigenvalue weighted by molar-refractivity contribution is -0.921. The molecule has 1 unspecified atom stereocenters. The number of halogens is 2. The SMILES string of the molecule is COc1ccc(C(c2c([O-])n(-c3cccc(Cl)c3)c(=S)[nH]c2=O)c2c(O)n(-c3cccc(Cl)c3)c(=S)[nH]c2=O)cc1C[NH+]1CCOCC1. The molecule has 15 heteroatoms. The molecule has 0 aliphatic carbocycles. The van der Waals surface area contributed by atoms with Gasteiger partial charge < -0.3 is 29.2 Å². The van der Waals surface area contributed by atoms with E-state index in [0.717, 1.165) is 23.2 Å². The number of nitrogens with one attached hydrogen (secondary N) is 3. The Morgan fingerprint density at radius 3 is 2.10 bits per heavy atom. The smallest absolute Gasteiger partial charge is 0.259 e. The Labute approximate surface area is 294 Å². The Morgan fingerprint density at radius 2 is 1.50 bits per heavy atom. The second kappa shape index (κ2) is 14.1. The topological polar surface area (TPSA) is 142 Å². The van der Waals surface area contributed by atoms with E-state index in [0.29, 0.717) is 52.5 Å². The highest BCUT2D eigenvalue weighted by Crippen LogP contribution is 2.39. The molecule has 1 aliphatic rings. The van der Waals surface area contributed by atoms with Crippen LogP contribution in [0.2, 0.25) is 10.0 Å². The highest BCUT2D eigenvalue weighted by atomic mass is 35.5. The minimum absolute atomic E-state index is 0.125. The Balaban J connectivity index is 1.67. The molecule has 5 aromatic rings. The van der Waals surface area contributed by atoms with E-state index < -0.39 is 28.8 Å². The molecule has 0 saturated carbocycles. The summed E-state index contributed by atoms with van der Waals surface area (Å²) in [5.41, 5.74) is -0.516. The maximum atomic E-state index is 14.5. The van der Waals surface area contributed by atoms with Crippen LogP contribution in [0.4, 0.5) is 0 Å². The number of aromatic nitrogens is 4. The van der Waals surface area contributed by atoms with E-state index >= 15 is 0 Å². The van der Waals surface area contributed by atoms with Crippen LogP contribution in [-0.4, -0.2) is 57.6 Å². The van der Waals surface area contributed by atoms with Crippen LogP contribution < -0.4 is 25.9 Å². The van der Waals surface area contributed by atoms with Crippen molar-refractivity contribution >= 4 is 47.6 Å². The van der Waals surface area contributed by atoms with E-state index in [4.69, 9.17) is 57.1 Å². The van der Waals surface area contributed by atoms with Gasteiger partial charge in [-0.3, -0.25) is 24.1 Å². The number of benzene rings is 3. The molecule has 11 nitrogen and oxygen atoms in total. The van der Waals surface area contributed by atoms with Crippen LogP contribution in [0.1, 0.15) is 28.2 Å². The fourth-order valence-corrected chi connectivity index (χ4v) is 6.92. The predicted molar refractivity (Wildman–Crippen MR) is 185 cm³/mol. The number of nitrogens with zero attached hydrogens (tertiary/aromatic N) is 2. The predicted octanol–water partition coefficient (Wildman–Crippen LogP) is 3.79. The molecule has 0 spiro atoms. The van der Waals surface area contributed by atoms with Gasteiger partial charge in [-0.05, 0) is 84.4 Å². The number of ether oxygens (including phenoxy) is 2. The van der Waals surface area contributed by atoms with Gasteiger partial charge in [0.05, 0.1) is 37.5 Å². The summed E-state index contributed by atoms with van der Waals surface area (Å²) in [5.74, 6) is -2.21. The molecule has 1 fully saturated rings. The second-order valence-electron chi connectivity index (χ2n) is 11.1. The van der Waals surface area contributed by atoms with Crippen molar-refractivity contribution in [1.29, 1.82) is 0 Å². The van der Waals surface area contributed by atoms with Gasteiger partial charge in [0.1, 0.15) is 25.4 Å². The number of aromatic hydroxyl groups is 1. The van der Waals surface area contributed by atoms with Crippen LogP contribution in [0.5, 0.6) is 17.5 Å². The van der Waals surface area contributed by atoms with E-state index in [-0.39, 0.29) is 20.7 Å². The van der Waals surface area contributed by atoms with E-state index in [1.165, 1.54) is 15.5 Å². The zero-order chi connectivity index (χ0) is 34.1. The summed E-state index contributed by atoms with van der Waals surface area (Å²) in [7, 11) is 1.55. The standard InChI is InChI=1S/C33H29Cl2N5O6S2/c1-45-24-9-8-18(14-19(24)17-38-10-12-46-13-11-38)25(26-28(41)36-32(47)39(30(26)43)22-6-2-4-20(34)15-22)27-29(42)37-33(48)40(31(27)44)23-7-3-5-21(35)16-23/h2-9,14-16,25,43-44H,10-13,17H2,1H3,(H,36,41,47)(H,37,42,48). The third-order valence-electron chi connectivity index (χ3n) is 8.21. The number of rotatable bonds is 8. The first-order valence-corrected chi connectivity index (χ1v) is 16.4. The summed E-state index contributed by atoms with van der Waals surface area (Å²) >= 11 is 23.4. The van der Waals surface area contributed by atoms with Gasteiger partial charge in [-0.25, -0.2) is 0 Å². The molecular formula is C33H29Cl2N5O6S2. The van der Waals surface area contributed by atoms with Crippen molar-refractivity contribution < 1.29 is 24.6 Å². The number of aromatic amines is 2. The number of quaternary nitrogens is 1. The minimum atomic E-state index is -1.41. The van der Waals surface area contributed by atoms with Gasteiger partial charge in [-0.1, -0.05) is 41.4 Å². The van der Waals surface area contributed by atoms with E-state index in [2.05, 4.69) is 9.97 Å². The molecule has 4 N–H and O–H groups in total. The lowest BCUT2D eigenvalue weighted by Gasteiger charge is -2.28. The van der Waals surface area contributed by atoms with Crippen LogP contribution in [0.15, 0.2) is 76.3 Å². The molecule has 1 atom stereocenters. The molecule has 3 heterocycles.